The molecule has 0 radical (unpaired) electrons. The molecule has 2 aromatic carbocycles. The van der Waals surface area contributed by atoms with Crippen LogP contribution in [0.4, 0.5) is 0 Å². The molecular weight excluding hydrogens is 336 g/mol. The van der Waals surface area contributed by atoms with Crippen molar-refractivity contribution in [1.82, 2.24) is 19.9 Å². The van der Waals surface area contributed by atoms with E-state index in [-0.39, 0.29) is 0 Å². The van der Waals surface area contributed by atoms with Crippen molar-refractivity contribution in [1.29, 1.82) is 0 Å². The number of nitrogens with zero attached hydrogens (tertiary/aromatic N) is 2. The molecular formula is C18H12N4S2. The van der Waals surface area contributed by atoms with E-state index in [2.05, 4.69) is 9.97 Å². The van der Waals surface area contributed by atoms with E-state index in [0.717, 1.165) is 22.5 Å². The molecule has 0 aliphatic rings. The van der Waals surface area contributed by atoms with Gasteiger partial charge in [-0.2, -0.15) is 0 Å². The maximum absolute atomic E-state index is 5.37. The van der Waals surface area contributed by atoms with Gasteiger partial charge in [-0.05, 0) is 12.2 Å². The van der Waals surface area contributed by atoms with Gasteiger partial charge in [-0.25, -0.2) is 9.97 Å². The van der Waals surface area contributed by atoms with Crippen LogP contribution in [0.25, 0.3) is 33.7 Å². The number of hydrogen-bond donors (Lipinski definition) is 2. The molecule has 0 aliphatic heterocycles. The molecule has 24 heavy (non-hydrogen) atoms. The van der Waals surface area contributed by atoms with Gasteiger partial charge in [0.05, 0.1) is 11.4 Å². The third-order valence-electron chi connectivity index (χ3n) is 3.66. The Morgan fingerprint density at radius 1 is 0.667 bits per heavy atom. The van der Waals surface area contributed by atoms with Crippen molar-refractivity contribution >= 4 is 35.6 Å². The lowest BCUT2D eigenvalue weighted by Crippen LogP contribution is -1.99. The number of aromatic amines is 2. The Labute approximate surface area is 148 Å². The van der Waals surface area contributed by atoms with Crippen LogP contribution in [-0.4, -0.2) is 19.9 Å². The third-order valence-corrected chi connectivity index (χ3v) is 4.16. The molecule has 0 saturated carbocycles. The Bertz CT molecular complexity index is 1130. The number of H-pyrrole nitrogens is 2. The summed E-state index contributed by atoms with van der Waals surface area (Å²) >= 11 is 10.5. The van der Waals surface area contributed by atoms with Gasteiger partial charge in [-0.15, -0.1) is 0 Å². The van der Waals surface area contributed by atoms with Gasteiger partial charge in [0.25, 0.3) is 0 Å². The Balaban J connectivity index is 2.12. The van der Waals surface area contributed by atoms with Crippen molar-refractivity contribution in [3.05, 3.63) is 70.1 Å². The van der Waals surface area contributed by atoms with Gasteiger partial charge in [0.2, 0.25) is 0 Å². The molecule has 0 spiro atoms. The highest BCUT2D eigenvalue weighted by atomic mass is 32.1. The molecule has 0 bridgehead atoms. The summed E-state index contributed by atoms with van der Waals surface area (Å²) in [6.45, 7) is 0. The average Bonchev–Trinajstić information content (AvgIpc) is 2.62. The molecule has 0 atom stereocenters. The molecule has 4 rings (SSSR count). The maximum atomic E-state index is 5.37. The lowest BCUT2D eigenvalue weighted by atomic mass is 10.0. The van der Waals surface area contributed by atoms with E-state index in [4.69, 9.17) is 34.4 Å². The molecule has 6 heteroatoms. The van der Waals surface area contributed by atoms with Crippen molar-refractivity contribution in [3.8, 4) is 22.5 Å². The first kappa shape index (κ1) is 14.9. The smallest absolute Gasteiger partial charge is 0.177 e. The van der Waals surface area contributed by atoms with Crippen LogP contribution < -0.4 is 0 Å². The molecule has 0 amide bonds. The third kappa shape index (κ3) is 2.66. The fraction of sp³-hybridized carbons (Fsp3) is 0. The molecule has 2 N–H and O–H groups in total. The molecule has 4 aromatic rings. The number of aromatic nitrogens is 4. The highest BCUT2D eigenvalue weighted by Gasteiger charge is 2.14. The molecule has 0 saturated heterocycles. The van der Waals surface area contributed by atoms with Crippen LogP contribution in [0.2, 0.25) is 0 Å². The minimum atomic E-state index is 0.438. The van der Waals surface area contributed by atoms with Crippen LogP contribution in [0.5, 0.6) is 0 Å². The molecule has 116 valence electrons. The number of hydrogen-bond acceptors (Lipinski definition) is 4. The number of rotatable bonds is 2. The van der Waals surface area contributed by atoms with Gasteiger partial charge >= 0.3 is 0 Å². The van der Waals surface area contributed by atoms with Gasteiger partial charge in [0, 0.05) is 11.1 Å². The maximum Gasteiger partial charge on any atom is 0.177 e. The van der Waals surface area contributed by atoms with Crippen molar-refractivity contribution in [2.75, 3.05) is 0 Å². The van der Waals surface area contributed by atoms with Gasteiger partial charge in [-0.3, -0.25) is 0 Å². The highest BCUT2D eigenvalue weighted by Crippen LogP contribution is 2.30. The summed E-state index contributed by atoms with van der Waals surface area (Å²) in [5.41, 5.74) is 4.76. The minimum absolute atomic E-state index is 0.438. The van der Waals surface area contributed by atoms with E-state index in [1.54, 1.807) is 0 Å². The second-order valence-electron chi connectivity index (χ2n) is 5.26. The first-order valence-electron chi connectivity index (χ1n) is 7.37. The Morgan fingerprint density at radius 2 is 1.21 bits per heavy atom. The van der Waals surface area contributed by atoms with Gasteiger partial charge in [0.15, 0.2) is 10.4 Å². The van der Waals surface area contributed by atoms with Crippen molar-refractivity contribution < 1.29 is 0 Å². The van der Waals surface area contributed by atoms with Gasteiger partial charge < -0.3 is 9.97 Å². The lowest BCUT2D eigenvalue weighted by Gasteiger charge is -2.10. The molecule has 4 nitrogen and oxygen atoms in total. The number of fused-ring (bicyclic) bond motifs is 1. The Morgan fingerprint density at radius 3 is 1.79 bits per heavy atom. The Kier molecular flexibility index (Phi) is 3.76. The average molecular weight is 348 g/mol. The van der Waals surface area contributed by atoms with E-state index in [9.17, 15) is 0 Å². The quantitative estimate of drug-likeness (QED) is 0.496. The van der Waals surface area contributed by atoms with E-state index in [1.165, 1.54) is 0 Å². The molecule has 0 unspecified atom stereocenters. The fourth-order valence-corrected chi connectivity index (χ4v) is 3.08. The zero-order chi connectivity index (χ0) is 16.5. The second kappa shape index (κ2) is 6.07. The zero-order valence-electron chi connectivity index (χ0n) is 12.5. The fourth-order valence-electron chi connectivity index (χ4n) is 2.58. The Hall–Kier alpha value is -2.70. The zero-order valence-corrected chi connectivity index (χ0v) is 14.1. The van der Waals surface area contributed by atoms with Crippen LogP contribution in [0, 0.1) is 9.41 Å². The number of nitrogens with one attached hydrogen (secondary N) is 2. The molecule has 2 aromatic heterocycles. The van der Waals surface area contributed by atoms with Crippen LogP contribution in [0.3, 0.4) is 0 Å². The summed E-state index contributed by atoms with van der Waals surface area (Å²) in [6, 6.07) is 19.9. The summed E-state index contributed by atoms with van der Waals surface area (Å²) in [4.78, 5) is 15.5. The second-order valence-corrected chi connectivity index (χ2v) is 6.07. The largest absolute Gasteiger partial charge is 0.322 e. The normalized spacial score (nSPS) is 10.8. The lowest BCUT2D eigenvalue weighted by molar-refractivity contribution is 1.11. The summed E-state index contributed by atoms with van der Waals surface area (Å²) in [6.07, 6.45) is 0. The van der Waals surface area contributed by atoms with Crippen LogP contribution >= 0.6 is 24.4 Å². The van der Waals surface area contributed by atoms with Crippen LogP contribution in [0.15, 0.2) is 60.7 Å². The van der Waals surface area contributed by atoms with Crippen LogP contribution in [0.1, 0.15) is 0 Å². The van der Waals surface area contributed by atoms with Gasteiger partial charge in [0.1, 0.15) is 10.2 Å². The predicted octanol–water partition coefficient (Wildman–Crippen LogP) is 5.08. The summed E-state index contributed by atoms with van der Waals surface area (Å²) in [7, 11) is 0. The SMILES string of the molecule is S=c1[nH]c(=S)c2nc(-c3ccccc3)c(-c3ccccc3)nc2[nH]1. The predicted molar refractivity (Wildman–Crippen MR) is 101 cm³/mol. The van der Waals surface area contributed by atoms with E-state index in [1.807, 2.05) is 60.7 Å². The van der Waals surface area contributed by atoms with Crippen LogP contribution in [-0.2, 0) is 0 Å². The summed E-state index contributed by atoms with van der Waals surface area (Å²) < 4.78 is 0.923. The standard InChI is InChI=1S/C18H12N4S2/c23-17-15-16(21-18(24)22-17)20-14(12-9-5-2-6-10-12)13(19-15)11-7-3-1-4-8-11/h1-10H,(H2,20,21,22,23,24). The summed E-state index contributed by atoms with van der Waals surface area (Å²) in [5, 5.41) is 0. The molecule has 0 aliphatic carbocycles. The molecule has 0 fully saturated rings. The van der Waals surface area contributed by atoms with E-state index < -0.39 is 0 Å². The van der Waals surface area contributed by atoms with Crippen molar-refractivity contribution in [2.24, 2.45) is 0 Å². The topological polar surface area (TPSA) is 57.4 Å². The first-order chi connectivity index (χ1) is 11.7. The first-order valence-corrected chi connectivity index (χ1v) is 8.19. The highest BCUT2D eigenvalue weighted by molar-refractivity contribution is 7.72. The van der Waals surface area contributed by atoms with Crippen molar-refractivity contribution in [2.45, 2.75) is 0 Å². The van der Waals surface area contributed by atoms with E-state index >= 15 is 0 Å². The van der Waals surface area contributed by atoms with Gasteiger partial charge in [-0.1, -0.05) is 72.9 Å². The summed E-state index contributed by atoms with van der Waals surface area (Å²) in [5.74, 6) is 0. The number of benzene rings is 2. The molecule has 2 heterocycles. The monoisotopic (exact) mass is 348 g/mol. The van der Waals surface area contributed by atoms with Crippen molar-refractivity contribution in [3.63, 3.8) is 0 Å². The van der Waals surface area contributed by atoms with E-state index in [0.29, 0.717) is 20.6 Å². The minimum Gasteiger partial charge on any atom is -0.322 e.